The van der Waals surface area contributed by atoms with Crippen LogP contribution >= 0.6 is 0 Å². The molecule has 0 saturated heterocycles. The van der Waals surface area contributed by atoms with Gasteiger partial charge in [0.1, 0.15) is 5.84 Å². The van der Waals surface area contributed by atoms with E-state index in [1.807, 2.05) is 0 Å². The van der Waals surface area contributed by atoms with Crippen LogP contribution in [0.25, 0.3) is 76.5 Å². The number of nitrogens with zero attached hydrogens (tertiary/aromatic N) is 2. The number of rotatable bonds is 5. The standard InChI is InChI=1S/C53H42N2/c1-52(2)53(3,4)55(51(54-52)37-17-6-5-7-18-37)44-22-14-21-40(33-44)41-29-30-47-48(34-41)50(43-28-26-36-16-9-11-20-39(36)32-43)46-24-13-12-23-45(46)49(47)42-27-25-35-15-8-10-19-38(35)31-42/h5-34H,1-4H3. The first-order valence-corrected chi connectivity index (χ1v) is 19.3. The third-order valence-corrected chi connectivity index (χ3v) is 12.2. The van der Waals surface area contributed by atoms with Gasteiger partial charge in [0, 0.05) is 11.3 Å². The molecule has 0 saturated carbocycles. The molecule has 9 aromatic rings. The number of amidine groups is 1. The third-order valence-electron chi connectivity index (χ3n) is 12.2. The second-order valence-electron chi connectivity index (χ2n) is 16.0. The molecule has 0 atom stereocenters. The first-order valence-electron chi connectivity index (χ1n) is 19.3. The number of anilines is 1. The summed E-state index contributed by atoms with van der Waals surface area (Å²) >= 11 is 0. The average Bonchev–Trinajstić information content (AvgIpc) is 3.42. The molecule has 0 N–H and O–H groups in total. The molecule has 0 spiro atoms. The van der Waals surface area contributed by atoms with E-state index in [4.69, 9.17) is 4.99 Å². The fraction of sp³-hybridized carbons (Fsp3) is 0.113. The zero-order valence-corrected chi connectivity index (χ0v) is 31.7. The SMILES string of the molecule is CC1(C)N=C(c2ccccc2)N(c2cccc(-c3ccc4c(-c5ccc6ccccc6c5)c5ccccc5c(-c5ccc6ccccc6c5)c4c3)c2)C1(C)C. The van der Waals surface area contributed by atoms with Gasteiger partial charge in [-0.1, -0.05) is 152 Å². The number of hydrogen-bond donors (Lipinski definition) is 0. The quantitative estimate of drug-likeness (QED) is 0.163. The first kappa shape index (κ1) is 33.1. The number of hydrogen-bond acceptors (Lipinski definition) is 2. The van der Waals surface area contributed by atoms with E-state index < -0.39 is 0 Å². The van der Waals surface area contributed by atoms with Crippen molar-refractivity contribution in [3.05, 3.63) is 188 Å². The molecule has 55 heavy (non-hydrogen) atoms. The van der Waals surface area contributed by atoms with Crippen LogP contribution in [0.15, 0.2) is 187 Å². The van der Waals surface area contributed by atoms with Crippen LogP contribution in [-0.4, -0.2) is 16.9 Å². The Labute approximate surface area is 323 Å². The van der Waals surface area contributed by atoms with Gasteiger partial charge in [0.15, 0.2) is 0 Å². The zero-order valence-electron chi connectivity index (χ0n) is 31.7. The van der Waals surface area contributed by atoms with Crippen molar-refractivity contribution in [1.82, 2.24) is 0 Å². The van der Waals surface area contributed by atoms with E-state index in [0.717, 1.165) is 17.1 Å². The van der Waals surface area contributed by atoms with Crippen LogP contribution in [-0.2, 0) is 0 Å². The molecule has 0 aliphatic carbocycles. The molecule has 9 aromatic carbocycles. The molecule has 1 heterocycles. The van der Waals surface area contributed by atoms with Crippen molar-refractivity contribution in [3.63, 3.8) is 0 Å². The van der Waals surface area contributed by atoms with Crippen molar-refractivity contribution in [1.29, 1.82) is 0 Å². The number of fused-ring (bicyclic) bond motifs is 4. The van der Waals surface area contributed by atoms with Gasteiger partial charge in [-0.25, -0.2) is 0 Å². The molecule has 0 amide bonds. The monoisotopic (exact) mass is 706 g/mol. The molecule has 2 heteroatoms. The normalized spacial score (nSPS) is 14.9. The lowest BCUT2D eigenvalue weighted by atomic mass is 9.82. The largest absolute Gasteiger partial charge is 0.318 e. The van der Waals surface area contributed by atoms with Gasteiger partial charge in [-0.15, -0.1) is 0 Å². The number of aliphatic imine (C=N–C) groups is 1. The molecule has 0 fully saturated rings. The predicted molar refractivity (Wildman–Crippen MR) is 236 cm³/mol. The van der Waals surface area contributed by atoms with E-state index in [9.17, 15) is 0 Å². The summed E-state index contributed by atoms with van der Waals surface area (Å²) in [4.78, 5) is 7.78. The minimum atomic E-state index is -0.286. The maximum Gasteiger partial charge on any atom is 0.136 e. The van der Waals surface area contributed by atoms with Gasteiger partial charge < -0.3 is 4.90 Å². The maximum absolute atomic E-state index is 5.34. The Morgan fingerprint density at radius 1 is 0.364 bits per heavy atom. The van der Waals surface area contributed by atoms with Gasteiger partial charge >= 0.3 is 0 Å². The smallest absolute Gasteiger partial charge is 0.136 e. The Morgan fingerprint density at radius 2 is 0.855 bits per heavy atom. The van der Waals surface area contributed by atoms with Crippen LogP contribution < -0.4 is 4.90 Å². The second kappa shape index (κ2) is 12.5. The molecule has 1 aliphatic heterocycles. The highest BCUT2D eigenvalue weighted by atomic mass is 15.3. The summed E-state index contributed by atoms with van der Waals surface area (Å²) in [6.07, 6.45) is 0. The van der Waals surface area contributed by atoms with Gasteiger partial charge in [-0.3, -0.25) is 4.99 Å². The topological polar surface area (TPSA) is 15.6 Å². The van der Waals surface area contributed by atoms with Crippen molar-refractivity contribution in [2.75, 3.05) is 4.90 Å². The Bertz CT molecular complexity index is 2990. The van der Waals surface area contributed by atoms with Crippen molar-refractivity contribution in [2.24, 2.45) is 4.99 Å². The summed E-state index contributed by atoms with van der Waals surface area (Å²) in [5.41, 5.74) is 9.08. The molecule has 10 rings (SSSR count). The van der Waals surface area contributed by atoms with Crippen LogP contribution in [0, 0.1) is 0 Å². The molecule has 0 radical (unpaired) electrons. The van der Waals surface area contributed by atoms with E-state index in [1.54, 1.807) is 0 Å². The van der Waals surface area contributed by atoms with Gasteiger partial charge in [-0.2, -0.15) is 0 Å². The van der Waals surface area contributed by atoms with Crippen LogP contribution in [0.1, 0.15) is 33.3 Å². The van der Waals surface area contributed by atoms with Crippen LogP contribution in [0.2, 0.25) is 0 Å². The lowest BCUT2D eigenvalue weighted by molar-refractivity contribution is 0.338. The molecule has 0 aromatic heterocycles. The first-order chi connectivity index (χ1) is 26.8. The fourth-order valence-corrected chi connectivity index (χ4v) is 8.71. The lowest BCUT2D eigenvalue weighted by Gasteiger charge is -2.41. The van der Waals surface area contributed by atoms with Gasteiger partial charge in [-0.05, 0) is 134 Å². The minimum absolute atomic E-state index is 0.253. The van der Waals surface area contributed by atoms with Gasteiger partial charge in [0.05, 0.1) is 11.1 Å². The summed E-state index contributed by atoms with van der Waals surface area (Å²) in [5.74, 6) is 1.01. The summed E-state index contributed by atoms with van der Waals surface area (Å²) < 4.78 is 0. The third kappa shape index (κ3) is 5.35. The van der Waals surface area contributed by atoms with Crippen molar-refractivity contribution in [2.45, 2.75) is 38.8 Å². The summed E-state index contributed by atoms with van der Waals surface area (Å²) in [6, 6.07) is 66.9. The Morgan fingerprint density at radius 3 is 1.49 bits per heavy atom. The van der Waals surface area contributed by atoms with E-state index in [-0.39, 0.29) is 11.1 Å². The molecule has 0 bridgehead atoms. The molecule has 264 valence electrons. The highest BCUT2D eigenvalue weighted by Crippen LogP contribution is 2.47. The van der Waals surface area contributed by atoms with Crippen molar-refractivity contribution >= 4 is 54.6 Å². The van der Waals surface area contributed by atoms with Crippen molar-refractivity contribution in [3.8, 4) is 33.4 Å². The van der Waals surface area contributed by atoms with Gasteiger partial charge in [0.2, 0.25) is 0 Å². The van der Waals surface area contributed by atoms with E-state index in [1.165, 1.54) is 76.5 Å². The van der Waals surface area contributed by atoms with E-state index in [0.29, 0.717) is 0 Å². The molecule has 0 unspecified atom stereocenters. The summed E-state index contributed by atoms with van der Waals surface area (Å²) in [6.45, 7) is 9.11. The molecule has 1 aliphatic rings. The van der Waals surface area contributed by atoms with Crippen LogP contribution in [0.4, 0.5) is 5.69 Å². The molecular formula is C53H42N2. The second-order valence-corrected chi connectivity index (χ2v) is 16.0. The summed E-state index contributed by atoms with van der Waals surface area (Å²) in [5, 5.41) is 9.99. The van der Waals surface area contributed by atoms with E-state index >= 15 is 0 Å². The predicted octanol–water partition coefficient (Wildman–Crippen LogP) is 14.1. The average molecular weight is 707 g/mol. The Kier molecular flexibility index (Phi) is 7.54. The van der Waals surface area contributed by atoms with E-state index in [2.05, 4.69) is 215 Å². The van der Waals surface area contributed by atoms with Crippen LogP contribution in [0.5, 0.6) is 0 Å². The maximum atomic E-state index is 5.34. The Balaban J connectivity index is 1.22. The van der Waals surface area contributed by atoms with Gasteiger partial charge in [0.25, 0.3) is 0 Å². The molecule has 2 nitrogen and oxygen atoms in total. The molecular weight excluding hydrogens is 665 g/mol. The lowest BCUT2D eigenvalue weighted by Crippen LogP contribution is -2.53. The highest BCUT2D eigenvalue weighted by Gasteiger charge is 2.49. The minimum Gasteiger partial charge on any atom is -0.318 e. The Hall–Kier alpha value is -6.51. The fourth-order valence-electron chi connectivity index (χ4n) is 8.71. The zero-order chi connectivity index (χ0) is 37.3. The van der Waals surface area contributed by atoms with Crippen LogP contribution in [0.3, 0.4) is 0 Å². The van der Waals surface area contributed by atoms with Crippen molar-refractivity contribution < 1.29 is 0 Å². The number of benzene rings is 9. The summed E-state index contributed by atoms with van der Waals surface area (Å²) in [7, 11) is 0. The highest BCUT2D eigenvalue weighted by molar-refractivity contribution is 6.22.